The fourth-order valence-corrected chi connectivity index (χ4v) is 6.17. The van der Waals surface area contributed by atoms with Crippen LogP contribution < -0.4 is 10.1 Å². The third-order valence-electron chi connectivity index (χ3n) is 7.39. The first-order chi connectivity index (χ1) is 17.8. The fourth-order valence-electron chi connectivity index (χ4n) is 4.99. The first-order valence-electron chi connectivity index (χ1n) is 13.1. The molecule has 37 heavy (non-hydrogen) atoms. The van der Waals surface area contributed by atoms with Crippen LogP contribution >= 0.6 is 11.8 Å². The van der Waals surface area contributed by atoms with E-state index in [2.05, 4.69) is 11.4 Å². The van der Waals surface area contributed by atoms with Crippen LogP contribution in [0.15, 0.2) is 60.7 Å². The van der Waals surface area contributed by atoms with Crippen LogP contribution in [0.5, 0.6) is 5.75 Å². The van der Waals surface area contributed by atoms with Crippen molar-refractivity contribution in [1.29, 1.82) is 0 Å². The van der Waals surface area contributed by atoms with Gasteiger partial charge in [0.25, 0.3) is 5.91 Å². The minimum atomic E-state index is -1.08. The van der Waals surface area contributed by atoms with Crippen LogP contribution in [0.25, 0.3) is 10.8 Å². The third kappa shape index (κ3) is 6.67. The molecule has 0 saturated heterocycles. The Morgan fingerprint density at radius 1 is 1.03 bits per heavy atom. The molecule has 4 rings (SSSR count). The van der Waals surface area contributed by atoms with Gasteiger partial charge in [-0.3, -0.25) is 4.79 Å². The molecule has 0 bridgehead atoms. The summed E-state index contributed by atoms with van der Waals surface area (Å²) in [5.74, 6) is 0.190. The van der Waals surface area contributed by atoms with Crippen LogP contribution in [-0.4, -0.2) is 34.4 Å². The monoisotopic (exact) mass is 519 g/mol. The Balaban J connectivity index is 1.56. The SMILES string of the molecule is Cc1ccccc1CSC(C)(C)[C@H](NC(=O)c1ccc2ccccc2c1OCC1CCCCC1)C(=O)O. The number of rotatable bonds is 10. The highest BCUT2D eigenvalue weighted by Crippen LogP contribution is 2.35. The van der Waals surface area contributed by atoms with Crippen molar-refractivity contribution in [1.82, 2.24) is 5.32 Å². The minimum Gasteiger partial charge on any atom is -0.492 e. The highest BCUT2D eigenvalue weighted by molar-refractivity contribution is 7.99. The second-order valence-electron chi connectivity index (χ2n) is 10.5. The predicted octanol–water partition coefficient (Wildman–Crippen LogP) is 7.00. The number of aliphatic carboxylic acids is 1. The van der Waals surface area contributed by atoms with Gasteiger partial charge in [0.2, 0.25) is 0 Å². The average molecular weight is 520 g/mol. The van der Waals surface area contributed by atoms with Crippen LogP contribution in [0, 0.1) is 12.8 Å². The van der Waals surface area contributed by atoms with Crippen LogP contribution in [-0.2, 0) is 10.5 Å². The van der Waals surface area contributed by atoms with Crippen LogP contribution in [0.4, 0.5) is 0 Å². The molecule has 1 amide bonds. The van der Waals surface area contributed by atoms with Gasteiger partial charge in [0.15, 0.2) is 0 Å². The van der Waals surface area contributed by atoms with E-state index in [1.807, 2.05) is 69.3 Å². The van der Waals surface area contributed by atoms with Crippen molar-refractivity contribution in [3.63, 3.8) is 0 Å². The largest absolute Gasteiger partial charge is 0.492 e. The molecule has 0 unspecified atom stereocenters. The van der Waals surface area contributed by atoms with Crippen molar-refractivity contribution in [2.75, 3.05) is 6.61 Å². The lowest BCUT2D eigenvalue weighted by Gasteiger charge is -2.32. The summed E-state index contributed by atoms with van der Waals surface area (Å²) < 4.78 is 5.60. The van der Waals surface area contributed by atoms with Gasteiger partial charge in [0.1, 0.15) is 11.8 Å². The van der Waals surface area contributed by atoms with Gasteiger partial charge in [-0.25, -0.2) is 4.79 Å². The molecular formula is C31H37NO4S. The van der Waals surface area contributed by atoms with Gasteiger partial charge in [0.05, 0.1) is 12.2 Å². The maximum absolute atomic E-state index is 13.6. The standard InChI is InChI=1S/C31H37NO4S/c1-21-11-7-8-15-24(21)20-37-31(2,3)28(30(34)35)32-29(33)26-18-17-23-14-9-10-16-25(23)27(26)36-19-22-12-5-4-6-13-22/h7-11,14-18,22,28H,4-6,12-13,19-20H2,1-3H3,(H,32,33)(H,34,35)/t28-/m1/s1. The van der Waals surface area contributed by atoms with E-state index in [0.717, 1.165) is 34.7 Å². The Morgan fingerprint density at radius 2 is 1.73 bits per heavy atom. The number of carboxylic acid groups (broad SMARTS) is 1. The minimum absolute atomic E-state index is 0.375. The Kier molecular flexibility index (Phi) is 8.80. The summed E-state index contributed by atoms with van der Waals surface area (Å²) in [5.41, 5.74) is 2.70. The van der Waals surface area contributed by atoms with Gasteiger partial charge in [0, 0.05) is 15.9 Å². The lowest BCUT2D eigenvalue weighted by molar-refractivity contribution is -0.139. The predicted molar refractivity (Wildman–Crippen MR) is 151 cm³/mol. The molecular weight excluding hydrogens is 482 g/mol. The molecule has 196 valence electrons. The molecule has 0 radical (unpaired) electrons. The van der Waals surface area contributed by atoms with Gasteiger partial charge in [-0.2, -0.15) is 0 Å². The molecule has 0 aromatic heterocycles. The van der Waals surface area contributed by atoms with Crippen molar-refractivity contribution in [2.45, 2.75) is 69.4 Å². The number of amides is 1. The first kappa shape index (κ1) is 27.1. The second kappa shape index (κ2) is 12.0. The Bertz CT molecular complexity index is 1250. The normalized spacial score (nSPS) is 15.3. The highest BCUT2D eigenvalue weighted by Gasteiger charge is 2.38. The number of ether oxygens (including phenoxy) is 1. The van der Waals surface area contributed by atoms with E-state index in [9.17, 15) is 14.7 Å². The number of hydrogen-bond donors (Lipinski definition) is 2. The molecule has 3 aromatic rings. The van der Waals surface area contributed by atoms with Gasteiger partial charge < -0.3 is 15.2 Å². The first-order valence-corrected chi connectivity index (χ1v) is 14.1. The molecule has 3 aromatic carbocycles. The number of aryl methyl sites for hydroxylation is 1. The van der Waals surface area contributed by atoms with E-state index in [1.54, 1.807) is 6.07 Å². The van der Waals surface area contributed by atoms with Crippen molar-refractivity contribution < 1.29 is 19.4 Å². The van der Waals surface area contributed by atoms with Crippen LogP contribution in [0.3, 0.4) is 0 Å². The quantitative estimate of drug-likeness (QED) is 0.302. The highest BCUT2D eigenvalue weighted by atomic mass is 32.2. The molecule has 1 aliphatic rings. The number of benzene rings is 3. The van der Waals surface area contributed by atoms with E-state index < -0.39 is 22.7 Å². The van der Waals surface area contributed by atoms with E-state index >= 15 is 0 Å². The summed E-state index contributed by atoms with van der Waals surface area (Å²) >= 11 is 1.53. The van der Waals surface area contributed by atoms with E-state index in [0.29, 0.717) is 29.6 Å². The van der Waals surface area contributed by atoms with E-state index in [4.69, 9.17) is 4.74 Å². The van der Waals surface area contributed by atoms with Crippen LogP contribution in [0.2, 0.25) is 0 Å². The number of nitrogens with one attached hydrogen (secondary N) is 1. The Labute approximate surface area is 224 Å². The molecule has 0 aliphatic heterocycles. The maximum atomic E-state index is 13.6. The summed E-state index contributed by atoms with van der Waals surface area (Å²) in [4.78, 5) is 25.9. The number of thioether (sulfide) groups is 1. The molecule has 1 atom stereocenters. The maximum Gasteiger partial charge on any atom is 0.327 e. The van der Waals surface area contributed by atoms with E-state index in [-0.39, 0.29) is 0 Å². The van der Waals surface area contributed by atoms with Gasteiger partial charge in [-0.05, 0) is 62.1 Å². The van der Waals surface area contributed by atoms with Gasteiger partial charge >= 0.3 is 5.97 Å². The van der Waals surface area contributed by atoms with Crippen molar-refractivity contribution in [3.05, 3.63) is 77.4 Å². The van der Waals surface area contributed by atoms with Gasteiger partial charge in [-0.1, -0.05) is 73.9 Å². The second-order valence-corrected chi connectivity index (χ2v) is 12.2. The Hall–Kier alpha value is -2.99. The summed E-state index contributed by atoms with van der Waals surface area (Å²) in [6, 6.07) is 18.5. The molecule has 1 fully saturated rings. The average Bonchev–Trinajstić information content (AvgIpc) is 2.90. The lowest BCUT2D eigenvalue weighted by Crippen LogP contribution is -2.52. The van der Waals surface area contributed by atoms with Crippen molar-refractivity contribution in [3.8, 4) is 5.75 Å². The number of hydrogen-bond acceptors (Lipinski definition) is 4. The zero-order valence-corrected chi connectivity index (χ0v) is 22.8. The van der Waals surface area contributed by atoms with Crippen molar-refractivity contribution >= 4 is 34.4 Å². The molecule has 0 heterocycles. The smallest absolute Gasteiger partial charge is 0.327 e. The summed E-state index contributed by atoms with van der Waals surface area (Å²) in [5, 5.41) is 14.8. The fraction of sp³-hybridized carbons (Fsp3) is 0.419. The molecule has 5 nitrogen and oxygen atoms in total. The van der Waals surface area contributed by atoms with Crippen LogP contribution in [0.1, 0.15) is 67.4 Å². The molecule has 0 spiro atoms. The number of carbonyl (C=O) groups is 2. The van der Waals surface area contributed by atoms with Crippen molar-refractivity contribution in [2.24, 2.45) is 5.92 Å². The summed E-state index contributed by atoms with van der Waals surface area (Å²) in [6.45, 7) is 6.36. The topological polar surface area (TPSA) is 75.6 Å². The zero-order valence-electron chi connectivity index (χ0n) is 22.0. The molecule has 6 heteroatoms. The zero-order chi connectivity index (χ0) is 26.4. The Morgan fingerprint density at radius 3 is 2.46 bits per heavy atom. The number of fused-ring (bicyclic) bond motifs is 1. The number of carbonyl (C=O) groups excluding carboxylic acids is 1. The molecule has 2 N–H and O–H groups in total. The van der Waals surface area contributed by atoms with E-state index in [1.165, 1.54) is 31.0 Å². The molecule has 1 saturated carbocycles. The summed E-state index contributed by atoms with van der Waals surface area (Å²) in [6.07, 6.45) is 5.98. The van der Waals surface area contributed by atoms with Gasteiger partial charge in [-0.15, -0.1) is 11.8 Å². The third-order valence-corrected chi connectivity index (χ3v) is 8.83. The molecule has 1 aliphatic carbocycles. The summed E-state index contributed by atoms with van der Waals surface area (Å²) in [7, 11) is 0. The lowest BCUT2D eigenvalue weighted by atomic mass is 9.90. The number of carboxylic acids is 1.